The number of nitrogens with zero attached hydrogens (tertiary/aromatic N) is 1. The van der Waals surface area contributed by atoms with Gasteiger partial charge in [0.1, 0.15) is 0 Å². The predicted molar refractivity (Wildman–Crippen MR) is 125 cm³/mol. The number of carbonyl (C=O) groups is 1. The fourth-order valence-electron chi connectivity index (χ4n) is 4.29. The lowest BCUT2D eigenvalue weighted by Gasteiger charge is -2.31. The Labute approximate surface area is 186 Å². The van der Waals surface area contributed by atoms with E-state index in [2.05, 4.69) is 44.3 Å². The van der Waals surface area contributed by atoms with Crippen molar-refractivity contribution in [1.82, 2.24) is 9.62 Å². The summed E-state index contributed by atoms with van der Waals surface area (Å²) in [7, 11) is -3.38. The molecule has 1 heterocycles. The number of hydrogen-bond donors (Lipinski definition) is 1. The molecule has 0 aromatic heterocycles. The molecule has 0 bridgehead atoms. The van der Waals surface area contributed by atoms with Crippen LogP contribution in [-0.4, -0.2) is 31.7 Å². The monoisotopic (exact) mass is 442 g/mol. The van der Waals surface area contributed by atoms with Crippen LogP contribution in [0.3, 0.4) is 0 Å². The second-order valence-corrected chi connectivity index (χ2v) is 10.7. The van der Waals surface area contributed by atoms with Crippen LogP contribution in [0, 0.1) is 26.7 Å². The first-order valence-corrected chi connectivity index (χ1v) is 12.7. The van der Waals surface area contributed by atoms with Crippen molar-refractivity contribution in [1.29, 1.82) is 0 Å². The summed E-state index contributed by atoms with van der Waals surface area (Å²) in [5, 5.41) is 3.20. The van der Waals surface area contributed by atoms with Gasteiger partial charge in [-0.05, 0) is 56.7 Å². The van der Waals surface area contributed by atoms with Gasteiger partial charge in [-0.1, -0.05) is 60.5 Å². The van der Waals surface area contributed by atoms with Crippen LogP contribution in [0.2, 0.25) is 0 Å². The number of piperidine rings is 1. The summed E-state index contributed by atoms with van der Waals surface area (Å²) in [4.78, 5) is 12.9. The average Bonchev–Trinajstić information content (AvgIpc) is 2.74. The van der Waals surface area contributed by atoms with Gasteiger partial charge in [-0.3, -0.25) is 4.79 Å². The van der Waals surface area contributed by atoms with Crippen LogP contribution in [0.5, 0.6) is 0 Å². The molecule has 1 saturated heterocycles. The number of benzene rings is 2. The Balaban J connectivity index is 1.58. The highest BCUT2D eigenvalue weighted by Gasteiger charge is 2.32. The van der Waals surface area contributed by atoms with E-state index in [4.69, 9.17) is 0 Å². The van der Waals surface area contributed by atoms with Crippen molar-refractivity contribution < 1.29 is 13.2 Å². The maximum Gasteiger partial charge on any atom is 0.223 e. The topological polar surface area (TPSA) is 66.5 Å². The molecule has 1 atom stereocenters. The standard InChI is InChI=1S/C25H34N2O3S/c1-5-24(23-11-8-19(3)16-20(23)4)26-25(28)22-12-14-27(15-13-22)31(29,30)17-21-9-6-18(2)7-10-21/h6-11,16,22,24H,5,12-15,17H2,1-4H3,(H,26,28)/t24-/m1/s1. The normalized spacial score (nSPS) is 16.8. The summed E-state index contributed by atoms with van der Waals surface area (Å²) < 4.78 is 27.2. The number of amides is 1. The Morgan fingerprint density at radius 3 is 2.23 bits per heavy atom. The summed E-state index contributed by atoms with van der Waals surface area (Å²) >= 11 is 0. The molecule has 1 fully saturated rings. The Bertz CT molecular complexity index is 1010. The Kier molecular flexibility index (Phi) is 7.55. The molecule has 0 radical (unpaired) electrons. The first kappa shape index (κ1) is 23.5. The molecule has 1 N–H and O–H groups in total. The van der Waals surface area contributed by atoms with E-state index in [9.17, 15) is 13.2 Å². The van der Waals surface area contributed by atoms with Crippen LogP contribution in [0.1, 0.15) is 60.0 Å². The molecule has 1 aliphatic heterocycles. The lowest BCUT2D eigenvalue weighted by Crippen LogP contribution is -2.44. The van der Waals surface area contributed by atoms with Crippen LogP contribution in [0.4, 0.5) is 0 Å². The maximum absolute atomic E-state index is 12.9. The van der Waals surface area contributed by atoms with Crippen molar-refractivity contribution in [3.8, 4) is 0 Å². The van der Waals surface area contributed by atoms with Crippen LogP contribution < -0.4 is 5.32 Å². The molecule has 0 aliphatic carbocycles. The van der Waals surface area contributed by atoms with Crippen molar-refractivity contribution in [2.75, 3.05) is 13.1 Å². The van der Waals surface area contributed by atoms with Gasteiger partial charge in [-0.15, -0.1) is 0 Å². The zero-order valence-electron chi connectivity index (χ0n) is 19.0. The highest BCUT2D eigenvalue weighted by atomic mass is 32.2. The van der Waals surface area contributed by atoms with Gasteiger partial charge in [-0.25, -0.2) is 12.7 Å². The molecule has 0 spiro atoms. The first-order valence-electron chi connectivity index (χ1n) is 11.1. The maximum atomic E-state index is 12.9. The number of hydrogen-bond acceptors (Lipinski definition) is 3. The molecule has 168 valence electrons. The summed E-state index contributed by atoms with van der Waals surface area (Å²) in [6, 6.07) is 13.9. The van der Waals surface area contributed by atoms with Crippen molar-refractivity contribution in [2.24, 2.45) is 5.92 Å². The third kappa shape index (κ3) is 5.95. The number of carbonyl (C=O) groups excluding carboxylic acids is 1. The van der Waals surface area contributed by atoms with E-state index in [1.54, 1.807) is 0 Å². The van der Waals surface area contributed by atoms with Crippen molar-refractivity contribution in [3.63, 3.8) is 0 Å². The number of aryl methyl sites for hydroxylation is 3. The highest BCUT2D eigenvalue weighted by Crippen LogP contribution is 2.25. The van der Waals surface area contributed by atoms with E-state index in [0.29, 0.717) is 25.9 Å². The van der Waals surface area contributed by atoms with Gasteiger partial charge in [-0.2, -0.15) is 0 Å². The van der Waals surface area contributed by atoms with E-state index < -0.39 is 10.0 Å². The minimum atomic E-state index is -3.38. The quantitative estimate of drug-likeness (QED) is 0.690. The smallest absolute Gasteiger partial charge is 0.223 e. The van der Waals surface area contributed by atoms with E-state index in [1.807, 2.05) is 31.2 Å². The van der Waals surface area contributed by atoms with Gasteiger partial charge in [0.15, 0.2) is 0 Å². The molecule has 1 amide bonds. The molecule has 0 saturated carbocycles. The van der Waals surface area contributed by atoms with Gasteiger partial charge >= 0.3 is 0 Å². The number of sulfonamides is 1. The highest BCUT2D eigenvalue weighted by molar-refractivity contribution is 7.88. The largest absolute Gasteiger partial charge is 0.349 e. The lowest BCUT2D eigenvalue weighted by molar-refractivity contribution is -0.126. The minimum absolute atomic E-state index is 0.00868. The van der Waals surface area contributed by atoms with Gasteiger partial charge in [0.2, 0.25) is 15.9 Å². The molecule has 5 nitrogen and oxygen atoms in total. The van der Waals surface area contributed by atoms with Crippen molar-refractivity contribution in [2.45, 2.75) is 58.8 Å². The fourth-order valence-corrected chi connectivity index (χ4v) is 5.85. The van der Waals surface area contributed by atoms with Gasteiger partial charge in [0.05, 0.1) is 11.8 Å². The van der Waals surface area contributed by atoms with E-state index >= 15 is 0 Å². The van der Waals surface area contributed by atoms with Crippen LogP contribution in [-0.2, 0) is 20.6 Å². The summed E-state index contributed by atoms with van der Waals surface area (Å²) in [5.74, 6) is -0.109. The van der Waals surface area contributed by atoms with Crippen molar-refractivity contribution >= 4 is 15.9 Å². The molecular weight excluding hydrogens is 408 g/mol. The van der Waals surface area contributed by atoms with Crippen LogP contribution in [0.25, 0.3) is 0 Å². The average molecular weight is 443 g/mol. The summed E-state index contributed by atoms with van der Waals surface area (Å²) in [6.45, 7) is 8.99. The minimum Gasteiger partial charge on any atom is -0.349 e. The SMILES string of the molecule is CC[C@@H](NC(=O)C1CCN(S(=O)(=O)Cc2ccc(C)cc2)CC1)c1ccc(C)cc1C. The zero-order valence-corrected chi connectivity index (χ0v) is 19.8. The Hall–Kier alpha value is -2.18. The first-order chi connectivity index (χ1) is 14.7. The predicted octanol–water partition coefficient (Wildman–Crippen LogP) is 4.42. The molecule has 1 aliphatic rings. The second kappa shape index (κ2) is 9.96. The van der Waals surface area contributed by atoms with Crippen molar-refractivity contribution in [3.05, 3.63) is 70.3 Å². The number of rotatable bonds is 7. The third-order valence-electron chi connectivity index (χ3n) is 6.21. The summed E-state index contributed by atoms with van der Waals surface area (Å²) in [5.41, 5.74) is 5.45. The zero-order chi connectivity index (χ0) is 22.6. The Morgan fingerprint density at radius 1 is 1.03 bits per heavy atom. The van der Waals surface area contributed by atoms with Crippen LogP contribution in [0.15, 0.2) is 42.5 Å². The van der Waals surface area contributed by atoms with Crippen LogP contribution >= 0.6 is 0 Å². The fraction of sp³-hybridized carbons (Fsp3) is 0.480. The molecule has 31 heavy (non-hydrogen) atoms. The van der Waals surface area contributed by atoms with E-state index in [0.717, 1.165) is 23.1 Å². The van der Waals surface area contributed by atoms with E-state index in [1.165, 1.54) is 15.4 Å². The molecule has 0 unspecified atom stereocenters. The second-order valence-electron chi connectivity index (χ2n) is 8.74. The molecular formula is C25H34N2O3S. The molecule has 3 rings (SSSR count). The Morgan fingerprint density at radius 2 is 1.65 bits per heavy atom. The third-order valence-corrected chi connectivity index (χ3v) is 8.06. The molecule has 2 aromatic rings. The van der Waals surface area contributed by atoms with Gasteiger partial charge in [0, 0.05) is 19.0 Å². The lowest BCUT2D eigenvalue weighted by atomic mass is 9.94. The summed E-state index contributed by atoms with van der Waals surface area (Å²) in [6.07, 6.45) is 1.93. The number of nitrogens with one attached hydrogen (secondary N) is 1. The molecule has 6 heteroatoms. The van der Waals surface area contributed by atoms with Gasteiger partial charge < -0.3 is 5.32 Å². The van der Waals surface area contributed by atoms with E-state index in [-0.39, 0.29) is 23.6 Å². The molecule has 2 aromatic carbocycles. The van der Waals surface area contributed by atoms with Gasteiger partial charge in [0.25, 0.3) is 0 Å².